The van der Waals surface area contributed by atoms with Crippen LogP contribution in [-0.4, -0.2) is 11.8 Å². The molecule has 1 aliphatic rings. The number of Topliss-reactive ketones (excluding diaryl/α,β-unsaturated/α-hetero) is 1. The first-order valence-electron chi connectivity index (χ1n) is 6.64. The van der Waals surface area contributed by atoms with Gasteiger partial charge in [0, 0.05) is 17.4 Å². The molecule has 0 heterocycles. The first kappa shape index (κ1) is 14.9. The molecular weight excluding hydrogens is 274 g/mol. The Balaban J connectivity index is 2.35. The van der Waals surface area contributed by atoms with Gasteiger partial charge in [-0.1, -0.05) is 49.3 Å². The summed E-state index contributed by atoms with van der Waals surface area (Å²) in [7, 11) is 0. The summed E-state index contributed by atoms with van der Waals surface area (Å²) in [6, 6.07) is 6.49. The molecule has 0 bridgehead atoms. The third-order valence-electron chi connectivity index (χ3n) is 3.89. The van der Waals surface area contributed by atoms with Crippen LogP contribution in [0.25, 0.3) is 5.57 Å². The summed E-state index contributed by atoms with van der Waals surface area (Å²) in [5.41, 5.74) is 1.49. The maximum atomic E-state index is 12.1. The molecule has 0 aliphatic heterocycles. The second kappa shape index (κ2) is 5.49. The molecule has 1 aliphatic carbocycles. The van der Waals surface area contributed by atoms with E-state index in [-0.39, 0.29) is 17.1 Å². The zero-order chi connectivity index (χ0) is 14.9. The predicted molar refractivity (Wildman–Crippen MR) is 81.6 cm³/mol. The van der Waals surface area contributed by atoms with Gasteiger partial charge in [-0.25, -0.2) is 0 Å². The van der Waals surface area contributed by atoms with Gasteiger partial charge in [0.25, 0.3) is 0 Å². The van der Waals surface area contributed by atoms with Gasteiger partial charge in [0.15, 0.2) is 11.8 Å². The van der Waals surface area contributed by atoms with Crippen molar-refractivity contribution >= 4 is 23.0 Å². The number of ketones is 1. The number of hydrogen-bond donors (Lipinski definition) is 0. The molecule has 2 unspecified atom stereocenters. The molecule has 2 atom stereocenters. The molecule has 3 nitrogen and oxygen atoms in total. The minimum Gasteiger partial charge on any atom is -0.297 e. The first-order chi connectivity index (χ1) is 9.34. The van der Waals surface area contributed by atoms with Crippen LogP contribution in [0, 0.1) is 16.2 Å². The number of halogens is 1. The molecular formula is C16H18ClNO2. The van der Waals surface area contributed by atoms with Crippen molar-refractivity contribution in [2.24, 2.45) is 16.5 Å². The topological polar surface area (TPSA) is 46.5 Å². The predicted octanol–water partition coefficient (Wildman–Crippen LogP) is 4.49. The Kier molecular flexibility index (Phi) is 4.09. The Morgan fingerprint density at radius 1 is 1.45 bits per heavy atom. The molecule has 0 radical (unpaired) electrons. The first-order valence-corrected chi connectivity index (χ1v) is 7.02. The molecule has 0 saturated heterocycles. The van der Waals surface area contributed by atoms with Gasteiger partial charge in [-0.3, -0.25) is 4.79 Å². The average molecular weight is 292 g/mol. The van der Waals surface area contributed by atoms with Crippen molar-refractivity contribution in [2.45, 2.75) is 32.7 Å². The highest BCUT2D eigenvalue weighted by molar-refractivity contribution is 6.30. The minimum absolute atomic E-state index is 0.0931. The molecule has 1 aromatic carbocycles. The van der Waals surface area contributed by atoms with Crippen LogP contribution < -0.4 is 0 Å². The second-order valence-electron chi connectivity index (χ2n) is 6.20. The van der Waals surface area contributed by atoms with Gasteiger partial charge in [0.2, 0.25) is 0 Å². The van der Waals surface area contributed by atoms with Crippen LogP contribution in [0.2, 0.25) is 5.02 Å². The van der Waals surface area contributed by atoms with Crippen molar-refractivity contribution in [2.75, 3.05) is 0 Å². The standard InChI is InChI=1S/C16H18ClNO2/c1-10(11-5-4-6-12(17)7-11)13-8-16(2,3)9-14(19)15(13)18-20/h4-7,13,15H,1,8-9H2,2-3H3. The summed E-state index contributed by atoms with van der Waals surface area (Å²) in [6.07, 6.45) is 1.11. The van der Waals surface area contributed by atoms with Crippen molar-refractivity contribution in [3.8, 4) is 0 Å². The van der Waals surface area contributed by atoms with E-state index in [2.05, 4.69) is 11.8 Å². The Hall–Kier alpha value is -1.48. The van der Waals surface area contributed by atoms with Crippen LogP contribution in [0.15, 0.2) is 36.0 Å². The second-order valence-corrected chi connectivity index (χ2v) is 6.64. The lowest BCUT2D eigenvalue weighted by molar-refractivity contribution is -0.125. The highest BCUT2D eigenvalue weighted by atomic mass is 35.5. The summed E-state index contributed by atoms with van der Waals surface area (Å²) in [5.74, 6) is -0.341. The fourth-order valence-electron chi connectivity index (χ4n) is 2.93. The summed E-state index contributed by atoms with van der Waals surface area (Å²) >= 11 is 5.99. The van der Waals surface area contributed by atoms with Crippen molar-refractivity contribution in [3.05, 3.63) is 46.3 Å². The van der Waals surface area contributed by atoms with Crippen LogP contribution in [0.4, 0.5) is 0 Å². The molecule has 0 spiro atoms. The van der Waals surface area contributed by atoms with Gasteiger partial charge in [0.1, 0.15) is 0 Å². The largest absolute Gasteiger partial charge is 0.297 e. The van der Waals surface area contributed by atoms with E-state index in [1.54, 1.807) is 12.1 Å². The highest BCUT2D eigenvalue weighted by Crippen LogP contribution is 2.43. The summed E-state index contributed by atoms with van der Waals surface area (Å²) < 4.78 is 0. The number of nitrogens with zero attached hydrogens (tertiary/aromatic N) is 1. The molecule has 1 saturated carbocycles. The molecule has 0 aromatic heterocycles. The Morgan fingerprint density at radius 3 is 2.75 bits per heavy atom. The normalized spacial score (nSPS) is 25.2. The van der Waals surface area contributed by atoms with Crippen LogP contribution in [0.1, 0.15) is 32.3 Å². The van der Waals surface area contributed by atoms with E-state index >= 15 is 0 Å². The third-order valence-corrected chi connectivity index (χ3v) is 4.13. The monoisotopic (exact) mass is 291 g/mol. The maximum absolute atomic E-state index is 12.1. The fourth-order valence-corrected chi connectivity index (χ4v) is 3.12. The SMILES string of the molecule is C=C(c1cccc(Cl)c1)C1CC(C)(C)CC(=O)C1N=O. The van der Waals surface area contributed by atoms with Gasteiger partial charge < -0.3 is 0 Å². The number of nitroso groups, excluding NO2 is 1. The van der Waals surface area contributed by atoms with Gasteiger partial charge in [-0.05, 0) is 35.1 Å². The van der Waals surface area contributed by atoms with E-state index in [4.69, 9.17) is 11.6 Å². The molecule has 1 aromatic rings. The van der Waals surface area contributed by atoms with E-state index in [9.17, 15) is 9.70 Å². The van der Waals surface area contributed by atoms with E-state index in [0.29, 0.717) is 11.4 Å². The van der Waals surface area contributed by atoms with Gasteiger partial charge >= 0.3 is 0 Å². The number of hydrogen-bond acceptors (Lipinski definition) is 3. The van der Waals surface area contributed by atoms with Crippen molar-refractivity contribution in [3.63, 3.8) is 0 Å². The molecule has 106 valence electrons. The van der Waals surface area contributed by atoms with E-state index in [1.807, 2.05) is 26.0 Å². The van der Waals surface area contributed by atoms with Crippen LogP contribution >= 0.6 is 11.6 Å². The van der Waals surface area contributed by atoms with Gasteiger partial charge in [-0.15, -0.1) is 0 Å². The zero-order valence-electron chi connectivity index (χ0n) is 11.7. The number of carbonyl (C=O) groups excluding carboxylic acids is 1. The molecule has 20 heavy (non-hydrogen) atoms. The Labute approximate surface area is 124 Å². The van der Waals surface area contributed by atoms with Crippen molar-refractivity contribution < 1.29 is 4.79 Å². The van der Waals surface area contributed by atoms with E-state index < -0.39 is 6.04 Å². The molecule has 0 amide bonds. The van der Waals surface area contributed by atoms with Crippen molar-refractivity contribution in [1.29, 1.82) is 0 Å². The molecule has 4 heteroatoms. The quantitative estimate of drug-likeness (QED) is 0.770. The lowest BCUT2D eigenvalue weighted by Crippen LogP contribution is -2.40. The third kappa shape index (κ3) is 2.98. The lowest BCUT2D eigenvalue weighted by atomic mass is 9.66. The van der Waals surface area contributed by atoms with Crippen LogP contribution in [0.3, 0.4) is 0 Å². The molecule has 2 rings (SSSR count). The number of benzene rings is 1. The number of carbonyl (C=O) groups is 1. The smallest absolute Gasteiger partial charge is 0.162 e. The average Bonchev–Trinajstić information content (AvgIpc) is 2.36. The lowest BCUT2D eigenvalue weighted by Gasteiger charge is -2.37. The Morgan fingerprint density at radius 2 is 2.15 bits per heavy atom. The fraction of sp³-hybridized carbons (Fsp3) is 0.438. The number of rotatable bonds is 3. The summed E-state index contributed by atoms with van der Waals surface area (Å²) in [5, 5.41) is 3.66. The summed E-state index contributed by atoms with van der Waals surface area (Å²) in [4.78, 5) is 23.1. The minimum atomic E-state index is -0.825. The molecule has 0 N–H and O–H groups in total. The van der Waals surface area contributed by atoms with E-state index in [0.717, 1.165) is 17.6 Å². The van der Waals surface area contributed by atoms with Gasteiger partial charge in [-0.2, -0.15) is 4.91 Å². The van der Waals surface area contributed by atoms with Crippen LogP contribution in [-0.2, 0) is 4.79 Å². The Bertz CT molecular complexity index is 565. The molecule has 1 fully saturated rings. The summed E-state index contributed by atoms with van der Waals surface area (Å²) in [6.45, 7) is 8.14. The highest BCUT2D eigenvalue weighted by Gasteiger charge is 2.42. The zero-order valence-corrected chi connectivity index (χ0v) is 12.5. The van der Waals surface area contributed by atoms with E-state index in [1.165, 1.54) is 0 Å². The van der Waals surface area contributed by atoms with Gasteiger partial charge in [0.05, 0.1) is 0 Å². The van der Waals surface area contributed by atoms with Crippen molar-refractivity contribution in [1.82, 2.24) is 0 Å². The van der Waals surface area contributed by atoms with Crippen LogP contribution in [0.5, 0.6) is 0 Å². The maximum Gasteiger partial charge on any atom is 0.162 e.